The minimum atomic E-state index is 0. The fourth-order valence-corrected chi connectivity index (χ4v) is 0. The summed E-state index contributed by atoms with van der Waals surface area (Å²) < 4.78 is 0.620. The molecule has 40 valence electrons. The van der Waals surface area contributed by atoms with Gasteiger partial charge >= 0.3 is 23.1 Å². The Hall–Kier alpha value is 1.01. The number of thiol groups is 1. The highest BCUT2D eigenvalue weighted by atomic mass is 32.1. The van der Waals surface area contributed by atoms with Crippen LogP contribution in [0.15, 0.2) is 0 Å². The minimum Gasteiger partial charge on any atom is -0.364 e. The molecule has 0 aromatic rings. The zero-order chi connectivity index (χ0) is 5.15. The summed E-state index contributed by atoms with van der Waals surface area (Å²) in [6.07, 6.45) is 0. The molecule has 0 aliphatic rings. The molecule has 0 aromatic heterocycles. The van der Waals surface area contributed by atoms with Crippen LogP contribution < -0.4 is 0 Å². The monoisotopic (exact) mass is 147 g/mol. The van der Waals surface area contributed by atoms with Crippen LogP contribution in [0.4, 0.5) is 0 Å². The Balaban J connectivity index is 0. The van der Waals surface area contributed by atoms with Crippen molar-refractivity contribution in [3.8, 4) is 0 Å². The van der Waals surface area contributed by atoms with E-state index < -0.39 is 0 Å². The van der Waals surface area contributed by atoms with E-state index in [4.69, 9.17) is 0 Å². The van der Waals surface area contributed by atoms with Crippen LogP contribution in [0.5, 0.6) is 0 Å². The fourth-order valence-electron chi connectivity index (χ4n) is 0. The Morgan fingerprint density at radius 2 is 1.71 bits per heavy atom. The maximum absolute atomic E-state index is 4.61. The molecule has 0 rings (SSSR count). The second-order valence-electron chi connectivity index (χ2n) is 1.18. The van der Waals surface area contributed by atoms with Gasteiger partial charge in [-0.15, -0.1) is 12.6 Å². The Kier molecular flexibility index (Phi) is 8.01. The molecule has 0 heterocycles. The predicted molar refractivity (Wildman–Crippen MR) is 43.8 cm³/mol. The number of rotatable bonds is 0. The molecular weight excluding hydrogens is 138 g/mol. The third kappa shape index (κ3) is 7.01. The Labute approximate surface area is 71.0 Å². The zero-order valence-electron chi connectivity index (χ0n) is 3.80. The molecule has 0 atom stereocenters. The third-order valence-electron chi connectivity index (χ3n) is 0.383. The van der Waals surface area contributed by atoms with Crippen molar-refractivity contribution in [2.24, 2.45) is 0 Å². The van der Waals surface area contributed by atoms with Crippen molar-refractivity contribution in [3.05, 3.63) is 0 Å². The summed E-state index contributed by atoms with van der Waals surface area (Å²) >= 11 is 8.46. The molecule has 0 bridgehead atoms. The van der Waals surface area contributed by atoms with Gasteiger partial charge in [-0.2, -0.15) is 0 Å². The molecule has 0 aliphatic heterocycles. The van der Waals surface area contributed by atoms with Gasteiger partial charge in [-0.25, -0.2) is 0 Å². The smallest absolute Gasteiger partial charge is 0.316 e. The summed E-state index contributed by atoms with van der Waals surface area (Å²) in [6, 6.07) is 0. The summed E-state index contributed by atoms with van der Waals surface area (Å²) in [5.41, 5.74) is 0. The fraction of sp³-hybridized carbons (Fsp3) is 0.667. The molecule has 0 unspecified atom stereocenters. The van der Waals surface area contributed by atoms with E-state index >= 15 is 0 Å². The van der Waals surface area contributed by atoms with E-state index in [2.05, 4.69) is 24.8 Å². The van der Waals surface area contributed by atoms with E-state index in [1.807, 2.05) is 14.1 Å². The van der Waals surface area contributed by atoms with Gasteiger partial charge in [0.2, 0.25) is 0 Å². The highest BCUT2D eigenvalue weighted by molar-refractivity contribution is 8.10. The molecule has 0 saturated heterocycles. The summed E-state index contributed by atoms with van der Waals surface area (Å²) in [6.45, 7) is 0. The highest BCUT2D eigenvalue weighted by Crippen LogP contribution is 1.84. The van der Waals surface area contributed by atoms with Crippen LogP contribution >= 0.6 is 24.8 Å². The van der Waals surface area contributed by atoms with Gasteiger partial charge in [0.25, 0.3) is 0 Å². The maximum atomic E-state index is 4.61. The molecular formula is C3H9MgNS2. The van der Waals surface area contributed by atoms with Gasteiger partial charge in [-0.05, 0) is 0 Å². The van der Waals surface area contributed by atoms with Crippen molar-refractivity contribution in [1.29, 1.82) is 0 Å². The summed E-state index contributed by atoms with van der Waals surface area (Å²) in [4.78, 5) is 1.76. The third-order valence-corrected chi connectivity index (χ3v) is 1.15. The van der Waals surface area contributed by atoms with E-state index in [1.165, 1.54) is 0 Å². The first-order chi connectivity index (χ1) is 2.64. The van der Waals surface area contributed by atoms with Crippen molar-refractivity contribution in [2.75, 3.05) is 14.1 Å². The van der Waals surface area contributed by atoms with Crippen LogP contribution in [-0.4, -0.2) is 46.4 Å². The molecule has 4 heteroatoms. The van der Waals surface area contributed by atoms with Gasteiger partial charge in [0.1, 0.15) is 4.32 Å². The zero-order valence-corrected chi connectivity index (χ0v) is 5.51. The lowest BCUT2D eigenvalue weighted by molar-refractivity contribution is 0.648. The molecule has 7 heavy (non-hydrogen) atoms. The van der Waals surface area contributed by atoms with Crippen LogP contribution in [0, 0.1) is 0 Å². The van der Waals surface area contributed by atoms with E-state index in [1.54, 1.807) is 4.90 Å². The lowest BCUT2D eigenvalue weighted by atomic mass is 11.0. The second-order valence-corrected chi connectivity index (χ2v) is 2.29. The SMILES string of the molecule is CN(C)C(=S)S.[MgH2]. The standard InChI is InChI=1S/C3H7NS2.Mg.2H/c1-4(2)3(5)6;;;/h1-2H3,(H,5,6);;;. The molecule has 0 aliphatic carbocycles. The lowest BCUT2D eigenvalue weighted by Gasteiger charge is -2.05. The largest absolute Gasteiger partial charge is 0.364 e. The van der Waals surface area contributed by atoms with Crippen molar-refractivity contribution >= 4 is 52.2 Å². The van der Waals surface area contributed by atoms with Crippen molar-refractivity contribution in [1.82, 2.24) is 4.90 Å². The van der Waals surface area contributed by atoms with Crippen LogP contribution in [0.25, 0.3) is 0 Å². The molecule has 0 fully saturated rings. The molecule has 0 saturated carbocycles. The number of nitrogens with zero attached hydrogens (tertiary/aromatic N) is 1. The van der Waals surface area contributed by atoms with Crippen molar-refractivity contribution < 1.29 is 0 Å². The molecule has 0 aromatic carbocycles. The summed E-state index contributed by atoms with van der Waals surface area (Å²) in [5, 5.41) is 0. The summed E-state index contributed by atoms with van der Waals surface area (Å²) in [5.74, 6) is 0. The van der Waals surface area contributed by atoms with Crippen molar-refractivity contribution in [3.63, 3.8) is 0 Å². The first-order valence-corrected chi connectivity index (χ1v) is 2.40. The van der Waals surface area contributed by atoms with E-state index in [-0.39, 0.29) is 23.1 Å². The Morgan fingerprint density at radius 1 is 1.57 bits per heavy atom. The Bertz CT molecular complexity index is 64.0. The summed E-state index contributed by atoms with van der Waals surface area (Å²) in [7, 11) is 3.71. The molecule has 0 amide bonds. The minimum absolute atomic E-state index is 0. The van der Waals surface area contributed by atoms with E-state index in [0.717, 1.165) is 0 Å². The topological polar surface area (TPSA) is 3.24 Å². The van der Waals surface area contributed by atoms with Gasteiger partial charge in [0.05, 0.1) is 0 Å². The Morgan fingerprint density at radius 3 is 1.71 bits per heavy atom. The van der Waals surface area contributed by atoms with E-state index in [0.29, 0.717) is 4.32 Å². The number of hydrogen-bond acceptors (Lipinski definition) is 1. The van der Waals surface area contributed by atoms with Gasteiger partial charge in [0.15, 0.2) is 0 Å². The van der Waals surface area contributed by atoms with Crippen molar-refractivity contribution in [2.45, 2.75) is 0 Å². The maximum Gasteiger partial charge on any atom is 0.316 e. The second kappa shape index (κ2) is 5.15. The van der Waals surface area contributed by atoms with Gasteiger partial charge in [-0.1, -0.05) is 12.2 Å². The van der Waals surface area contributed by atoms with E-state index in [9.17, 15) is 0 Å². The average molecular weight is 148 g/mol. The average Bonchev–Trinajstić information content (AvgIpc) is 1.36. The highest BCUT2D eigenvalue weighted by Gasteiger charge is 1.83. The van der Waals surface area contributed by atoms with Crippen LogP contribution in [0.1, 0.15) is 0 Å². The van der Waals surface area contributed by atoms with Gasteiger partial charge in [0, 0.05) is 14.1 Å². The quantitative estimate of drug-likeness (QED) is 0.288. The normalized spacial score (nSPS) is 6.71. The van der Waals surface area contributed by atoms with Crippen LogP contribution in [0.2, 0.25) is 0 Å². The first-order valence-electron chi connectivity index (χ1n) is 1.55. The van der Waals surface area contributed by atoms with Crippen LogP contribution in [0.3, 0.4) is 0 Å². The molecule has 0 N–H and O–H groups in total. The number of hydrogen-bond donors (Lipinski definition) is 1. The molecule has 0 radical (unpaired) electrons. The lowest BCUT2D eigenvalue weighted by Crippen LogP contribution is -2.12. The molecule has 1 nitrogen and oxygen atoms in total. The number of thiocarbonyl (C=S) groups is 1. The van der Waals surface area contributed by atoms with Gasteiger partial charge < -0.3 is 4.90 Å². The first kappa shape index (κ1) is 10.9. The van der Waals surface area contributed by atoms with Gasteiger partial charge in [-0.3, -0.25) is 0 Å². The molecule has 0 spiro atoms. The predicted octanol–water partition coefficient (Wildman–Crippen LogP) is -0.154. The van der Waals surface area contributed by atoms with Crippen LogP contribution in [-0.2, 0) is 0 Å².